The molecule has 0 unspecified atom stereocenters. The highest BCUT2D eigenvalue weighted by Crippen LogP contribution is 2.16. The van der Waals surface area contributed by atoms with Gasteiger partial charge in [0.25, 0.3) is 0 Å². The third kappa shape index (κ3) is 33.6. The molecule has 0 aromatic heterocycles. The summed E-state index contributed by atoms with van der Waals surface area (Å²) < 4.78 is 16.7. The van der Waals surface area contributed by atoms with Crippen LogP contribution in [0, 0.1) is 5.92 Å². The zero-order valence-corrected chi connectivity index (χ0v) is 29.9. The zero-order chi connectivity index (χ0) is 32.6. The summed E-state index contributed by atoms with van der Waals surface area (Å²) in [6.45, 7) is 14.2. The second-order valence-electron chi connectivity index (χ2n) is 13.7. The molecule has 0 spiro atoms. The molecule has 0 atom stereocenters. The second kappa shape index (κ2) is 31.6. The van der Waals surface area contributed by atoms with Gasteiger partial charge in [-0.3, -0.25) is 4.79 Å². The minimum absolute atomic E-state index is 0.0786. The molecular weight excluding hydrogens is 552 g/mol. The molecular formula is C37H74N2O5. The van der Waals surface area contributed by atoms with Crippen LogP contribution >= 0.6 is 0 Å². The monoisotopic (exact) mass is 627 g/mol. The average molecular weight is 627 g/mol. The molecule has 0 aliphatic carbocycles. The molecule has 0 saturated carbocycles. The van der Waals surface area contributed by atoms with E-state index < -0.39 is 6.09 Å². The Balaban J connectivity index is 3.35. The van der Waals surface area contributed by atoms with Crippen LogP contribution in [0.5, 0.6) is 0 Å². The maximum absolute atomic E-state index is 12.1. The lowest BCUT2D eigenvalue weighted by Crippen LogP contribution is -2.33. The van der Waals surface area contributed by atoms with E-state index in [2.05, 4.69) is 45.3 Å². The molecule has 0 rings (SSSR count). The number of unbranched alkanes of at least 4 members (excludes halogenated alkanes) is 17. The number of amides is 2. The van der Waals surface area contributed by atoms with Crippen molar-refractivity contribution >= 4 is 12.0 Å². The first-order chi connectivity index (χ1) is 21.3. The van der Waals surface area contributed by atoms with Crippen molar-refractivity contribution in [2.75, 3.05) is 39.5 Å². The Hall–Kier alpha value is -1.34. The molecule has 0 aliphatic rings. The summed E-state index contributed by atoms with van der Waals surface area (Å²) in [7, 11) is 0. The van der Waals surface area contributed by atoms with Gasteiger partial charge in [-0.25, -0.2) is 4.79 Å². The predicted molar refractivity (Wildman–Crippen MR) is 185 cm³/mol. The first-order valence-electron chi connectivity index (χ1n) is 18.7. The molecule has 0 aliphatic heterocycles. The Labute approximate surface area is 273 Å². The van der Waals surface area contributed by atoms with Crippen LogP contribution in [-0.4, -0.2) is 57.1 Å². The van der Waals surface area contributed by atoms with Crippen molar-refractivity contribution in [3.05, 3.63) is 0 Å². The molecule has 0 radical (unpaired) electrons. The van der Waals surface area contributed by atoms with Gasteiger partial charge in [0.1, 0.15) is 6.61 Å². The van der Waals surface area contributed by atoms with Crippen molar-refractivity contribution in [3.8, 4) is 0 Å². The summed E-state index contributed by atoms with van der Waals surface area (Å²) in [5.41, 5.74) is -0.222. The summed E-state index contributed by atoms with van der Waals surface area (Å²) >= 11 is 0. The fraction of sp³-hybridized carbons (Fsp3) is 0.946. The van der Waals surface area contributed by atoms with Crippen molar-refractivity contribution < 1.29 is 23.8 Å². The van der Waals surface area contributed by atoms with E-state index in [1.807, 2.05) is 0 Å². The summed E-state index contributed by atoms with van der Waals surface area (Å²) in [4.78, 5) is 23.9. The quantitative estimate of drug-likeness (QED) is 0.0708. The van der Waals surface area contributed by atoms with Crippen LogP contribution in [0.3, 0.4) is 0 Å². The van der Waals surface area contributed by atoms with E-state index in [4.69, 9.17) is 14.2 Å². The molecule has 2 N–H and O–H groups in total. The minimum Gasteiger partial charge on any atom is -0.447 e. The molecule has 0 bridgehead atoms. The Kier molecular flexibility index (Phi) is 30.7. The lowest BCUT2D eigenvalue weighted by molar-refractivity contribution is -0.121. The molecule has 2 amide bonds. The van der Waals surface area contributed by atoms with Gasteiger partial charge >= 0.3 is 6.09 Å². The van der Waals surface area contributed by atoms with E-state index in [1.54, 1.807) is 0 Å². The Morgan fingerprint density at radius 3 is 1.73 bits per heavy atom. The number of alkyl carbamates (subject to hydrolysis) is 1. The average Bonchev–Trinajstić information content (AvgIpc) is 2.97. The summed E-state index contributed by atoms with van der Waals surface area (Å²) in [5, 5.41) is 5.77. The highest BCUT2D eigenvalue weighted by molar-refractivity contribution is 5.75. The Bertz CT molecular complexity index is 641. The van der Waals surface area contributed by atoms with Gasteiger partial charge in [0.05, 0.1) is 12.2 Å². The molecule has 0 saturated heterocycles. The van der Waals surface area contributed by atoms with Crippen LogP contribution in [0.4, 0.5) is 4.79 Å². The smallest absolute Gasteiger partial charge is 0.407 e. The molecule has 7 heteroatoms. The summed E-state index contributed by atoms with van der Waals surface area (Å²) in [6.07, 6.45) is 26.3. The van der Waals surface area contributed by atoms with Gasteiger partial charge in [-0.2, -0.15) is 0 Å². The van der Waals surface area contributed by atoms with Crippen LogP contribution in [0.2, 0.25) is 0 Å². The number of hydrogen-bond acceptors (Lipinski definition) is 5. The Morgan fingerprint density at radius 1 is 0.614 bits per heavy atom. The molecule has 0 aromatic carbocycles. The fourth-order valence-electron chi connectivity index (χ4n) is 5.11. The zero-order valence-electron chi connectivity index (χ0n) is 29.9. The fourth-order valence-corrected chi connectivity index (χ4v) is 5.11. The highest BCUT2D eigenvalue weighted by Gasteiger charge is 2.18. The van der Waals surface area contributed by atoms with Crippen LogP contribution in [-0.2, 0) is 19.0 Å². The van der Waals surface area contributed by atoms with Gasteiger partial charge in [0.15, 0.2) is 0 Å². The molecule has 262 valence electrons. The van der Waals surface area contributed by atoms with E-state index in [0.29, 0.717) is 32.0 Å². The minimum atomic E-state index is -0.396. The maximum Gasteiger partial charge on any atom is 0.407 e. The number of carbonyl (C=O) groups excluding carboxylic acids is 2. The van der Waals surface area contributed by atoms with Crippen LogP contribution < -0.4 is 10.6 Å². The highest BCUT2D eigenvalue weighted by atomic mass is 16.6. The van der Waals surface area contributed by atoms with Crippen molar-refractivity contribution in [2.24, 2.45) is 5.92 Å². The normalized spacial score (nSPS) is 11.7. The van der Waals surface area contributed by atoms with Gasteiger partial charge in [-0.05, 0) is 51.9 Å². The van der Waals surface area contributed by atoms with Crippen molar-refractivity contribution in [2.45, 2.75) is 181 Å². The van der Waals surface area contributed by atoms with E-state index in [-0.39, 0.29) is 18.1 Å². The van der Waals surface area contributed by atoms with Gasteiger partial charge in [-0.15, -0.1) is 0 Å². The van der Waals surface area contributed by atoms with Crippen LogP contribution in [0.1, 0.15) is 176 Å². The largest absolute Gasteiger partial charge is 0.447 e. The molecule has 44 heavy (non-hydrogen) atoms. The first kappa shape index (κ1) is 42.7. The second-order valence-corrected chi connectivity index (χ2v) is 13.7. The third-order valence-corrected chi connectivity index (χ3v) is 8.19. The van der Waals surface area contributed by atoms with Gasteiger partial charge in [-0.1, -0.05) is 124 Å². The number of carbonyl (C=O) groups is 2. The predicted octanol–water partition coefficient (Wildman–Crippen LogP) is 9.90. The van der Waals surface area contributed by atoms with Crippen molar-refractivity contribution in [1.29, 1.82) is 0 Å². The van der Waals surface area contributed by atoms with Gasteiger partial charge in [0.2, 0.25) is 5.91 Å². The lowest BCUT2D eigenvalue weighted by Gasteiger charge is -2.26. The van der Waals surface area contributed by atoms with Gasteiger partial charge < -0.3 is 24.8 Å². The standard InChI is InChI=1S/C37H74N2O5/c1-6-7-8-9-10-11-12-13-14-15-16-17-18-19-20-24-30-42-32-33-43-36(41)39-28-23-21-22-25-35(40)38-29-27-37(4,5)44-31-26-34(2)3/h34H,6-33H2,1-5H3,(H,38,40)(H,39,41). The van der Waals surface area contributed by atoms with E-state index in [1.165, 1.54) is 96.3 Å². The number of rotatable bonds is 33. The van der Waals surface area contributed by atoms with E-state index in [9.17, 15) is 9.59 Å². The Morgan fingerprint density at radius 2 is 1.16 bits per heavy atom. The lowest BCUT2D eigenvalue weighted by atomic mass is 10.0. The molecule has 0 aromatic rings. The summed E-state index contributed by atoms with van der Waals surface area (Å²) in [6, 6.07) is 0. The summed E-state index contributed by atoms with van der Waals surface area (Å²) in [5.74, 6) is 0.712. The SMILES string of the molecule is CCCCCCCCCCCCCCCCCCOCCOC(=O)NCCCCCC(=O)NCCC(C)(C)OCCC(C)C. The molecule has 0 heterocycles. The molecule has 0 fully saturated rings. The van der Waals surface area contributed by atoms with Crippen molar-refractivity contribution in [3.63, 3.8) is 0 Å². The van der Waals surface area contributed by atoms with Crippen molar-refractivity contribution in [1.82, 2.24) is 10.6 Å². The third-order valence-electron chi connectivity index (χ3n) is 8.19. The first-order valence-corrected chi connectivity index (χ1v) is 18.7. The van der Waals surface area contributed by atoms with E-state index >= 15 is 0 Å². The number of nitrogens with one attached hydrogen (secondary N) is 2. The number of ether oxygens (including phenoxy) is 3. The van der Waals surface area contributed by atoms with E-state index in [0.717, 1.165) is 51.7 Å². The number of hydrogen-bond donors (Lipinski definition) is 2. The van der Waals surface area contributed by atoms with Crippen LogP contribution in [0.15, 0.2) is 0 Å². The van der Waals surface area contributed by atoms with Gasteiger partial charge in [0, 0.05) is 32.7 Å². The van der Waals surface area contributed by atoms with Crippen LogP contribution in [0.25, 0.3) is 0 Å². The maximum atomic E-state index is 12.1. The molecule has 7 nitrogen and oxygen atoms in total. The topological polar surface area (TPSA) is 85.9 Å².